The van der Waals surface area contributed by atoms with Crippen LogP contribution in [0.2, 0.25) is 0 Å². The Morgan fingerprint density at radius 2 is 1.81 bits per heavy atom. The third kappa shape index (κ3) is 4.28. The summed E-state index contributed by atoms with van der Waals surface area (Å²) in [6, 6.07) is 9.88. The van der Waals surface area contributed by atoms with E-state index in [1.54, 1.807) is 22.0 Å². The van der Waals surface area contributed by atoms with Gasteiger partial charge in [0.2, 0.25) is 0 Å². The van der Waals surface area contributed by atoms with Crippen molar-refractivity contribution >= 4 is 22.5 Å². The molecule has 0 spiro atoms. The lowest BCUT2D eigenvalue weighted by atomic mass is 9.98. The molecular weight excluding hydrogens is 406 g/mol. The Bertz CT molecular complexity index is 1300. The molecular formula is C23H25N7S. The first kappa shape index (κ1) is 20.9. The summed E-state index contributed by atoms with van der Waals surface area (Å²) in [6.45, 7) is 12.8. The normalized spacial score (nSPS) is 12.2. The first-order valence-corrected chi connectivity index (χ1v) is 10.9. The highest BCUT2D eigenvalue weighted by Gasteiger charge is 2.23. The van der Waals surface area contributed by atoms with Gasteiger partial charge in [-0.15, -0.1) is 10.2 Å². The van der Waals surface area contributed by atoms with Gasteiger partial charge in [-0.3, -0.25) is 4.98 Å². The minimum Gasteiger partial charge on any atom is -0.380 e. The predicted octanol–water partition coefficient (Wildman–Crippen LogP) is 5.29. The summed E-state index contributed by atoms with van der Waals surface area (Å²) in [6.07, 6.45) is 3.41. The zero-order valence-electron chi connectivity index (χ0n) is 18.6. The van der Waals surface area contributed by atoms with Crippen LogP contribution in [0.25, 0.3) is 27.5 Å². The van der Waals surface area contributed by atoms with Gasteiger partial charge < -0.3 is 5.32 Å². The van der Waals surface area contributed by atoms with E-state index in [9.17, 15) is 0 Å². The van der Waals surface area contributed by atoms with E-state index in [-0.39, 0.29) is 11.0 Å². The van der Waals surface area contributed by atoms with Crippen molar-refractivity contribution in [2.24, 2.45) is 0 Å². The van der Waals surface area contributed by atoms with Gasteiger partial charge in [-0.25, -0.2) is 4.52 Å². The number of rotatable bonds is 3. The van der Waals surface area contributed by atoms with Gasteiger partial charge in [0.1, 0.15) is 11.1 Å². The second-order valence-electron chi connectivity index (χ2n) is 9.56. The van der Waals surface area contributed by atoms with Crippen molar-refractivity contribution < 1.29 is 0 Å². The number of anilines is 1. The molecule has 0 fully saturated rings. The number of nitrogens with one attached hydrogen (secondary N) is 1. The molecule has 0 atom stereocenters. The van der Waals surface area contributed by atoms with Gasteiger partial charge in [-0.05, 0) is 45.0 Å². The zero-order valence-corrected chi connectivity index (χ0v) is 19.4. The fourth-order valence-corrected chi connectivity index (χ4v) is 4.09. The summed E-state index contributed by atoms with van der Waals surface area (Å²) in [4.78, 5) is 4.73. The summed E-state index contributed by atoms with van der Waals surface area (Å²) >= 11 is 1.59. The first-order chi connectivity index (χ1) is 14.5. The summed E-state index contributed by atoms with van der Waals surface area (Å²) in [5.74, 6) is 0. The molecule has 4 rings (SSSR count). The van der Waals surface area contributed by atoms with Gasteiger partial charge >= 0.3 is 0 Å². The van der Waals surface area contributed by atoms with Crippen LogP contribution in [0.3, 0.4) is 0 Å². The molecule has 0 amide bonds. The molecule has 7 nitrogen and oxygen atoms in total. The maximum atomic E-state index is 9.13. The second kappa shape index (κ2) is 7.43. The van der Waals surface area contributed by atoms with E-state index in [0.717, 1.165) is 38.2 Å². The van der Waals surface area contributed by atoms with E-state index >= 15 is 0 Å². The maximum Gasteiger partial charge on any atom is 0.151 e. The van der Waals surface area contributed by atoms with Crippen LogP contribution >= 0.6 is 11.3 Å². The van der Waals surface area contributed by atoms with E-state index in [2.05, 4.69) is 68.2 Å². The fraction of sp³-hybridized carbons (Fsp3) is 0.348. The predicted molar refractivity (Wildman–Crippen MR) is 124 cm³/mol. The number of nitriles is 1. The SMILES string of the molecule is CC(C)(C)Nc1cc(-c2ccc3cc(C#N)cnn23)ncc1-c1nnc(C(C)(C)C)s1. The molecule has 0 aliphatic heterocycles. The van der Waals surface area contributed by atoms with Crippen molar-refractivity contribution in [3.8, 4) is 28.0 Å². The van der Waals surface area contributed by atoms with Crippen LogP contribution in [0.4, 0.5) is 5.69 Å². The van der Waals surface area contributed by atoms with E-state index in [4.69, 9.17) is 10.2 Å². The number of aromatic nitrogens is 5. The Hall–Kier alpha value is -3.31. The van der Waals surface area contributed by atoms with Crippen molar-refractivity contribution in [2.75, 3.05) is 5.32 Å². The fourth-order valence-electron chi connectivity index (χ4n) is 3.16. The quantitative estimate of drug-likeness (QED) is 0.473. The highest BCUT2D eigenvalue weighted by Crippen LogP contribution is 2.37. The molecule has 0 bridgehead atoms. The molecule has 0 unspecified atom stereocenters. The zero-order chi connectivity index (χ0) is 22.4. The smallest absolute Gasteiger partial charge is 0.151 e. The van der Waals surface area contributed by atoms with Crippen LogP contribution in [-0.2, 0) is 5.41 Å². The molecule has 4 aromatic rings. The van der Waals surface area contributed by atoms with E-state index in [0.29, 0.717) is 5.56 Å². The van der Waals surface area contributed by atoms with Gasteiger partial charge in [-0.1, -0.05) is 32.1 Å². The molecule has 0 saturated heterocycles. The Labute approximate surface area is 185 Å². The van der Waals surface area contributed by atoms with Crippen LogP contribution in [0.5, 0.6) is 0 Å². The van der Waals surface area contributed by atoms with Crippen LogP contribution in [0, 0.1) is 11.3 Å². The standard InChI is InChI=1S/C23H25N7S/c1-22(2,3)21-29-28-20(31-21)16-13-25-18(10-17(16)27-23(4,5)6)19-8-7-15-9-14(11-24)12-26-30(15)19/h7-10,12-13H,1-6H3,(H,25,27). The molecule has 0 aromatic carbocycles. The minimum absolute atomic E-state index is 0.0559. The molecule has 4 heterocycles. The molecule has 31 heavy (non-hydrogen) atoms. The number of hydrogen-bond donors (Lipinski definition) is 1. The number of fused-ring (bicyclic) bond motifs is 1. The monoisotopic (exact) mass is 431 g/mol. The molecule has 0 aliphatic carbocycles. The molecule has 158 valence electrons. The van der Waals surface area contributed by atoms with Gasteiger partial charge in [0.15, 0.2) is 5.01 Å². The second-order valence-corrected chi connectivity index (χ2v) is 10.5. The van der Waals surface area contributed by atoms with Crippen molar-refractivity contribution in [3.05, 3.63) is 47.2 Å². The van der Waals surface area contributed by atoms with Crippen LogP contribution in [0.15, 0.2) is 36.7 Å². The lowest BCUT2D eigenvalue weighted by Gasteiger charge is -2.24. The van der Waals surface area contributed by atoms with Crippen molar-refractivity contribution in [1.29, 1.82) is 5.26 Å². The van der Waals surface area contributed by atoms with Crippen molar-refractivity contribution in [2.45, 2.75) is 52.5 Å². The van der Waals surface area contributed by atoms with E-state index in [1.165, 1.54) is 0 Å². The third-order valence-electron chi connectivity index (χ3n) is 4.60. The Morgan fingerprint density at radius 3 is 2.45 bits per heavy atom. The van der Waals surface area contributed by atoms with Crippen LogP contribution in [0.1, 0.15) is 52.1 Å². The highest BCUT2D eigenvalue weighted by molar-refractivity contribution is 7.14. The lowest BCUT2D eigenvalue weighted by Crippen LogP contribution is -2.26. The van der Waals surface area contributed by atoms with Crippen molar-refractivity contribution in [1.82, 2.24) is 24.8 Å². The summed E-state index contributed by atoms with van der Waals surface area (Å²) < 4.78 is 1.80. The maximum absolute atomic E-state index is 9.13. The summed E-state index contributed by atoms with van der Waals surface area (Å²) in [7, 11) is 0. The lowest BCUT2D eigenvalue weighted by molar-refractivity contribution is 0.578. The van der Waals surface area contributed by atoms with Crippen LogP contribution < -0.4 is 5.32 Å². The molecule has 0 saturated carbocycles. The topological polar surface area (TPSA) is 91.8 Å². The van der Waals surface area contributed by atoms with Gasteiger partial charge in [0.25, 0.3) is 0 Å². The number of pyridine rings is 1. The van der Waals surface area contributed by atoms with Crippen molar-refractivity contribution in [3.63, 3.8) is 0 Å². The average Bonchev–Trinajstić information content (AvgIpc) is 3.33. The summed E-state index contributed by atoms with van der Waals surface area (Å²) in [5, 5.41) is 27.8. The van der Waals surface area contributed by atoms with E-state index < -0.39 is 0 Å². The molecule has 1 N–H and O–H groups in total. The summed E-state index contributed by atoms with van der Waals surface area (Å²) in [5.41, 5.74) is 4.69. The number of hydrogen-bond acceptors (Lipinski definition) is 7. The Balaban J connectivity index is 1.83. The first-order valence-electron chi connectivity index (χ1n) is 10.1. The van der Waals surface area contributed by atoms with Crippen LogP contribution in [-0.4, -0.2) is 30.3 Å². The Morgan fingerprint density at radius 1 is 1.03 bits per heavy atom. The highest BCUT2D eigenvalue weighted by atomic mass is 32.1. The molecule has 0 radical (unpaired) electrons. The van der Waals surface area contributed by atoms with E-state index in [1.807, 2.05) is 30.5 Å². The third-order valence-corrected chi connectivity index (χ3v) is 5.98. The molecule has 0 aliphatic rings. The average molecular weight is 432 g/mol. The number of nitrogens with zero attached hydrogens (tertiary/aromatic N) is 6. The Kier molecular flexibility index (Phi) is 5.02. The largest absolute Gasteiger partial charge is 0.380 e. The van der Waals surface area contributed by atoms with Gasteiger partial charge in [0.05, 0.1) is 34.2 Å². The van der Waals surface area contributed by atoms with Gasteiger partial charge in [0, 0.05) is 22.8 Å². The minimum atomic E-state index is -0.147. The molecule has 4 aromatic heterocycles. The molecule has 8 heteroatoms. The van der Waals surface area contributed by atoms with Gasteiger partial charge in [-0.2, -0.15) is 10.4 Å².